The van der Waals surface area contributed by atoms with Crippen molar-refractivity contribution in [1.29, 1.82) is 0 Å². The smallest absolute Gasteiger partial charge is 0.282 e. The quantitative estimate of drug-likeness (QED) is 0.247. The zero-order chi connectivity index (χ0) is 20.4. The molecule has 2 bridgehead atoms. The first-order valence-electron chi connectivity index (χ1n) is 9.46. The van der Waals surface area contributed by atoms with E-state index in [1.165, 1.54) is 32.6 Å². The number of methoxy groups -OCH3 is 2. The predicted octanol–water partition coefficient (Wildman–Crippen LogP) is 2.00. The number of hydrogen-bond acceptors (Lipinski definition) is 7. The van der Waals surface area contributed by atoms with Crippen LogP contribution in [0.25, 0.3) is 0 Å². The van der Waals surface area contributed by atoms with Crippen molar-refractivity contribution in [2.45, 2.75) is 6.42 Å². The summed E-state index contributed by atoms with van der Waals surface area (Å²) in [5, 5.41) is 16.4. The number of amides is 2. The Labute approximate surface area is 166 Å². The first kappa shape index (κ1) is 17.8. The third-order valence-electron chi connectivity index (χ3n) is 6.68. The number of rotatable bonds is 5. The normalized spacial score (nSPS) is 33.8. The van der Waals surface area contributed by atoms with Crippen molar-refractivity contribution < 1.29 is 24.0 Å². The summed E-state index contributed by atoms with van der Waals surface area (Å²) in [5.41, 5.74) is -0.141. The number of benzene rings is 1. The number of nitro benzene ring substituents is 1. The van der Waals surface area contributed by atoms with Gasteiger partial charge in [-0.25, -0.2) is 0 Å². The molecule has 0 radical (unpaired) electrons. The van der Waals surface area contributed by atoms with Gasteiger partial charge in [-0.2, -0.15) is 10.1 Å². The largest absolute Gasteiger partial charge is 0.493 e. The van der Waals surface area contributed by atoms with Crippen molar-refractivity contribution in [2.75, 3.05) is 14.2 Å². The van der Waals surface area contributed by atoms with Crippen LogP contribution in [-0.4, -0.2) is 42.2 Å². The Kier molecular flexibility index (Phi) is 3.77. The minimum Gasteiger partial charge on any atom is -0.493 e. The molecule has 1 aromatic rings. The SMILES string of the molecule is COc1cc(/C=N\N2C(=O)[C@@H]3[C@H]4C=C[C@H]([C@H]5C[C@@H]45)[C@@H]3C2=O)c([N+](=O)[O-])cc1OC. The highest BCUT2D eigenvalue weighted by atomic mass is 16.6. The van der Waals surface area contributed by atoms with Crippen LogP contribution in [0.3, 0.4) is 0 Å². The van der Waals surface area contributed by atoms with E-state index in [0.717, 1.165) is 11.4 Å². The van der Waals surface area contributed by atoms with Gasteiger partial charge in [0.2, 0.25) is 0 Å². The molecule has 1 aromatic carbocycles. The van der Waals surface area contributed by atoms with Crippen LogP contribution in [0.15, 0.2) is 29.4 Å². The van der Waals surface area contributed by atoms with E-state index in [4.69, 9.17) is 9.47 Å². The summed E-state index contributed by atoms with van der Waals surface area (Å²) in [5.74, 6) is 0.333. The van der Waals surface area contributed by atoms with Crippen molar-refractivity contribution in [3.05, 3.63) is 40.0 Å². The van der Waals surface area contributed by atoms with Gasteiger partial charge in [0.1, 0.15) is 0 Å². The number of allylic oxidation sites excluding steroid dienone is 2. The lowest BCUT2D eigenvalue weighted by atomic mass is 9.63. The Morgan fingerprint density at radius 1 is 1.07 bits per heavy atom. The molecule has 29 heavy (non-hydrogen) atoms. The van der Waals surface area contributed by atoms with Crippen molar-refractivity contribution in [3.8, 4) is 11.5 Å². The van der Waals surface area contributed by atoms with Crippen molar-refractivity contribution in [1.82, 2.24) is 5.01 Å². The fourth-order valence-electron chi connectivity index (χ4n) is 5.32. The summed E-state index contributed by atoms with van der Waals surface area (Å²) >= 11 is 0. The number of carbonyl (C=O) groups excluding carboxylic acids is 2. The molecule has 9 nitrogen and oxygen atoms in total. The van der Waals surface area contributed by atoms with Gasteiger partial charge in [0, 0.05) is 0 Å². The second-order valence-corrected chi connectivity index (χ2v) is 7.91. The van der Waals surface area contributed by atoms with E-state index in [9.17, 15) is 19.7 Å². The van der Waals surface area contributed by atoms with Crippen LogP contribution in [0.5, 0.6) is 11.5 Å². The van der Waals surface area contributed by atoms with E-state index >= 15 is 0 Å². The number of nitrogens with zero attached hydrogens (tertiary/aromatic N) is 3. The molecule has 4 aliphatic carbocycles. The van der Waals surface area contributed by atoms with Gasteiger partial charge in [-0.1, -0.05) is 12.2 Å². The molecule has 0 N–H and O–H groups in total. The van der Waals surface area contributed by atoms with E-state index in [2.05, 4.69) is 17.3 Å². The lowest BCUT2D eigenvalue weighted by Gasteiger charge is -2.37. The molecule has 3 fully saturated rings. The standard InChI is InChI=1S/C20H19N3O6/c1-28-15-5-9(14(23(26)27)7-16(15)29-2)8-21-22-19(24)17-10-3-4-11(13-6-12(10)13)18(17)20(22)25/h3-5,7-8,10-13,17-18H,6H2,1-2H3/b21-8-/t10-,11+,12-,13+,17+,18-. The molecule has 2 amide bonds. The average molecular weight is 397 g/mol. The maximum absolute atomic E-state index is 12.9. The van der Waals surface area contributed by atoms with Gasteiger partial charge in [-0.05, 0) is 36.2 Å². The molecule has 6 rings (SSSR count). The van der Waals surface area contributed by atoms with Crippen molar-refractivity contribution in [2.24, 2.45) is 40.6 Å². The fourth-order valence-corrected chi connectivity index (χ4v) is 5.32. The summed E-state index contributed by atoms with van der Waals surface area (Å²) in [4.78, 5) is 36.8. The van der Waals surface area contributed by atoms with E-state index < -0.39 is 4.92 Å². The molecule has 1 heterocycles. The summed E-state index contributed by atoms with van der Waals surface area (Å²) < 4.78 is 10.3. The Morgan fingerprint density at radius 2 is 1.62 bits per heavy atom. The second kappa shape index (κ2) is 6.13. The van der Waals surface area contributed by atoms with Gasteiger partial charge in [0.25, 0.3) is 17.5 Å². The van der Waals surface area contributed by atoms with Gasteiger partial charge < -0.3 is 9.47 Å². The molecule has 150 valence electrons. The number of carbonyl (C=O) groups is 2. The third kappa shape index (κ3) is 2.43. The third-order valence-corrected chi connectivity index (χ3v) is 6.68. The highest BCUT2D eigenvalue weighted by molar-refractivity contribution is 6.06. The van der Waals surface area contributed by atoms with Crippen LogP contribution >= 0.6 is 0 Å². The van der Waals surface area contributed by atoms with Crippen LogP contribution in [0.1, 0.15) is 12.0 Å². The van der Waals surface area contributed by atoms with Gasteiger partial charge >= 0.3 is 0 Å². The topological polar surface area (TPSA) is 111 Å². The molecular formula is C20H19N3O6. The average Bonchev–Trinajstić information content (AvgIpc) is 3.50. The summed E-state index contributed by atoms with van der Waals surface area (Å²) in [6.07, 6.45) is 6.41. The monoisotopic (exact) mass is 397 g/mol. The highest BCUT2D eigenvalue weighted by Gasteiger charge is 2.67. The van der Waals surface area contributed by atoms with Crippen LogP contribution in [0, 0.1) is 45.6 Å². The molecule has 1 saturated heterocycles. The molecule has 9 heteroatoms. The van der Waals surface area contributed by atoms with Gasteiger partial charge in [0.15, 0.2) is 11.5 Å². The van der Waals surface area contributed by atoms with Gasteiger partial charge in [0.05, 0.1) is 48.8 Å². The predicted molar refractivity (Wildman–Crippen MR) is 100 cm³/mol. The lowest BCUT2D eigenvalue weighted by molar-refractivity contribution is -0.385. The minimum absolute atomic E-state index is 0.0991. The van der Waals surface area contributed by atoms with Gasteiger partial charge in [-0.3, -0.25) is 19.7 Å². The number of imide groups is 1. The number of hydrogen-bond donors (Lipinski definition) is 0. The Hall–Kier alpha value is -3.23. The molecule has 0 spiro atoms. The fraction of sp³-hybridized carbons (Fsp3) is 0.450. The highest BCUT2D eigenvalue weighted by Crippen LogP contribution is 2.65. The number of ether oxygens (including phenoxy) is 2. The first-order chi connectivity index (χ1) is 14.0. The van der Waals surface area contributed by atoms with Crippen LogP contribution < -0.4 is 9.47 Å². The van der Waals surface area contributed by atoms with Crippen molar-refractivity contribution in [3.63, 3.8) is 0 Å². The molecule has 0 aromatic heterocycles. The Bertz CT molecular complexity index is 966. The summed E-state index contributed by atoms with van der Waals surface area (Å²) in [6, 6.07) is 2.63. The maximum atomic E-state index is 12.9. The number of nitro groups is 1. The van der Waals surface area contributed by atoms with Gasteiger partial charge in [-0.15, -0.1) is 0 Å². The van der Waals surface area contributed by atoms with Crippen LogP contribution in [0.2, 0.25) is 0 Å². The van der Waals surface area contributed by atoms with E-state index in [-0.39, 0.29) is 58.2 Å². The molecular weight excluding hydrogens is 378 g/mol. The zero-order valence-electron chi connectivity index (χ0n) is 15.8. The molecule has 0 unspecified atom stereocenters. The second-order valence-electron chi connectivity index (χ2n) is 7.91. The first-order valence-corrected chi connectivity index (χ1v) is 9.46. The summed E-state index contributed by atoms with van der Waals surface area (Å²) in [6.45, 7) is 0. The minimum atomic E-state index is -0.575. The molecule has 2 saturated carbocycles. The molecule has 1 aliphatic heterocycles. The Morgan fingerprint density at radius 3 is 2.14 bits per heavy atom. The number of hydrazone groups is 1. The van der Waals surface area contributed by atoms with Crippen LogP contribution in [0.4, 0.5) is 5.69 Å². The summed E-state index contributed by atoms with van der Waals surface area (Å²) in [7, 11) is 2.79. The van der Waals surface area contributed by atoms with E-state index in [1.807, 2.05) is 0 Å². The zero-order valence-corrected chi connectivity index (χ0v) is 15.8. The lowest BCUT2D eigenvalue weighted by Crippen LogP contribution is -2.40. The molecule has 5 aliphatic rings. The van der Waals surface area contributed by atoms with E-state index in [1.54, 1.807) is 0 Å². The maximum Gasteiger partial charge on any atom is 0.282 e. The van der Waals surface area contributed by atoms with Crippen LogP contribution in [-0.2, 0) is 9.59 Å². The van der Waals surface area contributed by atoms with Crippen molar-refractivity contribution >= 4 is 23.7 Å². The molecule has 6 atom stereocenters. The Balaban J connectivity index is 1.48. The van der Waals surface area contributed by atoms with E-state index in [0.29, 0.717) is 11.8 Å².